The second kappa shape index (κ2) is 3.62. The van der Waals surface area contributed by atoms with E-state index in [1.54, 1.807) is 6.20 Å². The van der Waals surface area contributed by atoms with Crippen molar-refractivity contribution < 1.29 is 0 Å². The molecule has 2 aromatic heterocycles. The summed E-state index contributed by atoms with van der Waals surface area (Å²) in [5, 5.41) is 0.950. The Morgan fingerprint density at radius 2 is 2.21 bits per heavy atom. The fourth-order valence-corrected chi connectivity index (χ4v) is 1.91. The average Bonchev–Trinajstić information content (AvgIpc) is 2.57. The van der Waals surface area contributed by atoms with Crippen LogP contribution in [0.1, 0.15) is 5.01 Å². The van der Waals surface area contributed by atoms with Crippen LogP contribution >= 0.6 is 27.3 Å². The molecule has 14 heavy (non-hydrogen) atoms. The Kier molecular flexibility index (Phi) is 2.47. The first kappa shape index (κ1) is 9.54. The van der Waals surface area contributed by atoms with Gasteiger partial charge in [-0.25, -0.2) is 9.97 Å². The van der Waals surface area contributed by atoms with Gasteiger partial charge in [0, 0.05) is 12.4 Å². The Hall–Kier alpha value is -1.01. The summed E-state index contributed by atoms with van der Waals surface area (Å²) in [4.78, 5) is 23.0. The van der Waals surface area contributed by atoms with Crippen molar-refractivity contribution in [1.82, 2.24) is 15.0 Å². The summed E-state index contributed by atoms with van der Waals surface area (Å²) in [6.45, 7) is 1.91. The number of nitrogens with one attached hydrogen (secondary N) is 1. The number of aryl methyl sites for hydroxylation is 1. The van der Waals surface area contributed by atoms with Gasteiger partial charge in [0.2, 0.25) is 0 Å². The molecule has 0 aliphatic heterocycles. The third-order valence-corrected chi connectivity index (χ3v) is 3.09. The molecule has 1 N–H and O–H groups in total. The van der Waals surface area contributed by atoms with E-state index >= 15 is 0 Å². The van der Waals surface area contributed by atoms with Crippen molar-refractivity contribution in [2.75, 3.05) is 0 Å². The minimum absolute atomic E-state index is 0.180. The number of hydrogen-bond donors (Lipinski definition) is 1. The molecule has 2 heterocycles. The highest BCUT2D eigenvalue weighted by Gasteiger charge is 2.05. The Balaban J connectivity index is 2.53. The molecule has 0 aliphatic rings. The van der Waals surface area contributed by atoms with E-state index in [1.165, 1.54) is 17.5 Å². The van der Waals surface area contributed by atoms with Crippen molar-refractivity contribution >= 4 is 27.3 Å². The smallest absolute Gasteiger partial charge is 0.265 e. The SMILES string of the molecule is Cc1ncc(-c2ncc(Br)c(=O)[nH]2)s1. The molecule has 0 aliphatic carbocycles. The van der Waals surface area contributed by atoms with Gasteiger partial charge in [-0.15, -0.1) is 11.3 Å². The van der Waals surface area contributed by atoms with Crippen LogP contribution in [-0.4, -0.2) is 15.0 Å². The normalized spacial score (nSPS) is 10.4. The topological polar surface area (TPSA) is 58.6 Å². The van der Waals surface area contributed by atoms with Crippen molar-refractivity contribution in [2.45, 2.75) is 6.92 Å². The quantitative estimate of drug-likeness (QED) is 0.863. The van der Waals surface area contributed by atoms with E-state index in [0.717, 1.165) is 9.88 Å². The van der Waals surface area contributed by atoms with E-state index in [4.69, 9.17) is 0 Å². The average molecular weight is 272 g/mol. The van der Waals surface area contributed by atoms with Crippen LogP contribution in [0.4, 0.5) is 0 Å². The first-order valence-electron chi connectivity index (χ1n) is 3.84. The van der Waals surface area contributed by atoms with Gasteiger partial charge >= 0.3 is 0 Å². The Bertz CT molecular complexity index is 519. The van der Waals surface area contributed by atoms with Gasteiger partial charge in [0.05, 0.1) is 9.88 Å². The summed E-state index contributed by atoms with van der Waals surface area (Å²) in [6, 6.07) is 0. The van der Waals surface area contributed by atoms with Crippen molar-refractivity contribution in [3.8, 4) is 10.7 Å². The van der Waals surface area contributed by atoms with Gasteiger partial charge in [0.25, 0.3) is 5.56 Å². The second-order valence-corrected chi connectivity index (χ2v) is 4.74. The molecular weight excluding hydrogens is 266 g/mol. The fraction of sp³-hybridized carbons (Fsp3) is 0.125. The molecular formula is C8H6BrN3OS. The maximum atomic E-state index is 11.3. The van der Waals surface area contributed by atoms with Crippen LogP contribution in [0.25, 0.3) is 10.7 Å². The highest BCUT2D eigenvalue weighted by molar-refractivity contribution is 9.10. The van der Waals surface area contributed by atoms with Crippen LogP contribution in [0.2, 0.25) is 0 Å². The Morgan fingerprint density at radius 3 is 2.79 bits per heavy atom. The maximum Gasteiger partial charge on any atom is 0.265 e. The van der Waals surface area contributed by atoms with Crippen molar-refractivity contribution in [3.63, 3.8) is 0 Å². The second-order valence-electron chi connectivity index (χ2n) is 2.65. The first-order chi connectivity index (χ1) is 6.66. The summed E-state index contributed by atoms with van der Waals surface area (Å²) in [7, 11) is 0. The minimum Gasteiger partial charge on any atom is -0.305 e. The molecule has 0 atom stereocenters. The van der Waals surface area contributed by atoms with Gasteiger partial charge in [-0.2, -0.15) is 0 Å². The van der Waals surface area contributed by atoms with Crippen LogP contribution in [0.15, 0.2) is 21.7 Å². The zero-order valence-electron chi connectivity index (χ0n) is 7.24. The Labute approximate surface area is 92.2 Å². The molecule has 4 nitrogen and oxygen atoms in total. The summed E-state index contributed by atoms with van der Waals surface area (Å²) < 4.78 is 0.433. The van der Waals surface area contributed by atoms with Gasteiger partial charge in [0.15, 0.2) is 5.82 Å². The molecule has 0 radical (unpaired) electrons. The highest BCUT2D eigenvalue weighted by Crippen LogP contribution is 2.21. The lowest BCUT2D eigenvalue weighted by Crippen LogP contribution is -2.08. The third-order valence-electron chi connectivity index (χ3n) is 1.61. The number of hydrogen-bond acceptors (Lipinski definition) is 4. The molecule has 0 saturated carbocycles. The van der Waals surface area contributed by atoms with Gasteiger partial charge in [0.1, 0.15) is 4.47 Å². The van der Waals surface area contributed by atoms with Crippen molar-refractivity contribution in [1.29, 1.82) is 0 Å². The van der Waals surface area contributed by atoms with Crippen LogP contribution in [0, 0.1) is 6.92 Å². The third kappa shape index (κ3) is 1.76. The van der Waals surface area contributed by atoms with Crippen molar-refractivity contribution in [3.05, 3.63) is 32.2 Å². The van der Waals surface area contributed by atoms with E-state index in [-0.39, 0.29) is 5.56 Å². The van der Waals surface area contributed by atoms with E-state index in [0.29, 0.717) is 10.3 Å². The lowest BCUT2D eigenvalue weighted by molar-refractivity contribution is 1.11. The standard InChI is InChI=1S/C8H6BrN3OS/c1-4-10-3-6(14-4)7-11-2-5(9)8(13)12-7/h2-3H,1H3,(H,11,12,13). The summed E-state index contributed by atoms with van der Waals surface area (Å²) >= 11 is 4.58. The number of halogens is 1. The Morgan fingerprint density at radius 1 is 1.43 bits per heavy atom. The predicted octanol–water partition coefficient (Wildman–Crippen LogP) is 1.96. The van der Waals surface area contributed by atoms with Crippen LogP contribution in [0.3, 0.4) is 0 Å². The highest BCUT2D eigenvalue weighted by atomic mass is 79.9. The lowest BCUT2D eigenvalue weighted by Gasteiger charge is -1.94. The molecule has 2 rings (SSSR count). The van der Waals surface area contributed by atoms with E-state index in [1.807, 2.05) is 6.92 Å². The summed E-state index contributed by atoms with van der Waals surface area (Å²) in [5.41, 5.74) is -0.180. The zero-order chi connectivity index (χ0) is 10.1. The maximum absolute atomic E-state index is 11.3. The molecule has 2 aromatic rings. The monoisotopic (exact) mass is 271 g/mol. The number of H-pyrrole nitrogens is 1. The van der Waals surface area contributed by atoms with E-state index in [9.17, 15) is 4.79 Å². The number of aromatic nitrogens is 3. The first-order valence-corrected chi connectivity index (χ1v) is 5.45. The lowest BCUT2D eigenvalue weighted by atomic mass is 10.5. The number of rotatable bonds is 1. The molecule has 0 unspecified atom stereocenters. The molecule has 0 spiro atoms. The molecule has 0 amide bonds. The van der Waals surface area contributed by atoms with Gasteiger partial charge < -0.3 is 4.98 Å². The number of thiazole rings is 1. The van der Waals surface area contributed by atoms with Gasteiger partial charge in [-0.3, -0.25) is 4.79 Å². The molecule has 0 aromatic carbocycles. The number of aromatic amines is 1. The number of nitrogens with zero attached hydrogens (tertiary/aromatic N) is 2. The molecule has 0 saturated heterocycles. The minimum atomic E-state index is -0.180. The largest absolute Gasteiger partial charge is 0.305 e. The summed E-state index contributed by atoms with van der Waals surface area (Å²) in [5.74, 6) is 0.559. The van der Waals surface area contributed by atoms with Crippen molar-refractivity contribution in [2.24, 2.45) is 0 Å². The molecule has 6 heteroatoms. The van der Waals surface area contributed by atoms with Crippen LogP contribution in [-0.2, 0) is 0 Å². The van der Waals surface area contributed by atoms with E-state index < -0.39 is 0 Å². The van der Waals surface area contributed by atoms with Gasteiger partial charge in [-0.05, 0) is 22.9 Å². The molecule has 72 valence electrons. The summed E-state index contributed by atoms with van der Waals surface area (Å²) in [6.07, 6.45) is 3.19. The fourth-order valence-electron chi connectivity index (χ4n) is 0.975. The van der Waals surface area contributed by atoms with E-state index in [2.05, 4.69) is 30.9 Å². The van der Waals surface area contributed by atoms with Crippen LogP contribution in [0.5, 0.6) is 0 Å². The molecule has 0 fully saturated rings. The van der Waals surface area contributed by atoms with Crippen LogP contribution < -0.4 is 5.56 Å². The molecule has 0 bridgehead atoms. The zero-order valence-corrected chi connectivity index (χ0v) is 9.65. The predicted molar refractivity (Wildman–Crippen MR) is 58.4 cm³/mol. The van der Waals surface area contributed by atoms with Gasteiger partial charge in [-0.1, -0.05) is 0 Å².